The molecule has 1 aliphatic heterocycles. The fraction of sp³-hybridized carbons (Fsp3) is 0.500. The number of hydrogen-bond acceptors (Lipinski definition) is 2. The predicted molar refractivity (Wildman–Crippen MR) is 76.7 cm³/mol. The maximum Gasteiger partial charge on any atom is 0.335 e. The molecule has 20 heavy (non-hydrogen) atoms. The molecule has 108 valence electrons. The fourth-order valence-electron chi connectivity index (χ4n) is 2.76. The summed E-state index contributed by atoms with van der Waals surface area (Å²) in [6, 6.07) is 7.09. The lowest BCUT2D eigenvalue weighted by Crippen LogP contribution is -2.28. The van der Waals surface area contributed by atoms with E-state index < -0.39 is 5.97 Å². The number of nitrogens with zero attached hydrogens (tertiary/aromatic N) is 1. The van der Waals surface area contributed by atoms with Gasteiger partial charge in [0.05, 0.1) is 5.56 Å². The lowest BCUT2D eigenvalue weighted by Gasteiger charge is -2.16. The Bertz CT molecular complexity index is 498. The molecule has 1 aromatic rings. The molecule has 0 radical (unpaired) electrons. The minimum Gasteiger partial charge on any atom is -0.478 e. The van der Waals surface area contributed by atoms with E-state index in [9.17, 15) is 9.59 Å². The fourth-order valence-corrected chi connectivity index (χ4v) is 2.76. The molecule has 1 amide bonds. The van der Waals surface area contributed by atoms with Crippen LogP contribution >= 0.6 is 0 Å². The third-order valence-corrected chi connectivity index (χ3v) is 3.80. The highest BCUT2D eigenvalue weighted by atomic mass is 16.4. The van der Waals surface area contributed by atoms with Crippen molar-refractivity contribution in [2.24, 2.45) is 5.92 Å². The number of hydrogen-bond donors (Lipinski definition) is 1. The monoisotopic (exact) mass is 275 g/mol. The van der Waals surface area contributed by atoms with Crippen molar-refractivity contribution in [1.82, 2.24) is 4.90 Å². The number of rotatable bonds is 5. The van der Waals surface area contributed by atoms with Crippen molar-refractivity contribution in [2.45, 2.75) is 32.6 Å². The van der Waals surface area contributed by atoms with Gasteiger partial charge in [0.1, 0.15) is 0 Å². The van der Waals surface area contributed by atoms with Crippen LogP contribution < -0.4 is 0 Å². The van der Waals surface area contributed by atoms with Crippen molar-refractivity contribution in [3.63, 3.8) is 0 Å². The minimum atomic E-state index is -0.891. The molecule has 0 aliphatic carbocycles. The number of carboxylic acid groups (broad SMARTS) is 1. The molecule has 1 fully saturated rings. The zero-order valence-corrected chi connectivity index (χ0v) is 11.8. The first kappa shape index (κ1) is 14.6. The van der Waals surface area contributed by atoms with Gasteiger partial charge in [0, 0.05) is 19.5 Å². The van der Waals surface area contributed by atoms with Crippen molar-refractivity contribution in [1.29, 1.82) is 0 Å². The van der Waals surface area contributed by atoms with E-state index in [0.29, 0.717) is 17.9 Å². The molecule has 0 saturated carbocycles. The molecule has 1 N–H and O–H groups in total. The van der Waals surface area contributed by atoms with Crippen LogP contribution in [0.3, 0.4) is 0 Å². The van der Waals surface area contributed by atoms with Gasteiger partial charge in [-0.25, -0.2) is 4.79 Å². The van der Waals surface area contributed by atoms with Crippen molar-refractivity contribution in [3.05, 3.63) is 35.4 Å². The highest BCUT2D eigenvalue weighted by Gasteiger charge is 2.25. The highest BCUT2D eigenvalue weighted by Crippen LogP contribution is 2.22. The standard InChI is InChI=1S/C16H21NO3/c1-2-4-15(18)17-8-7-13(11-17)9-12-5-3-6-14(10-12)16(19)20/h3,5-6,10,13H,2,4,7-9,11H2,1H3,(H,19,20)/t13-/m1/s1. The summed E-state index contributed by atoms with van der Waals surface area (Å²) in [7, 11) is 0. The number of carbonyl (C=O) groups excluding carboxylic acids is 1. The molecule has 1 saturated heterocycles. The van der Waals surface area contributed by atoms with E-state index in [1.54, 1.807) is 18.2 Å². The van der Waals surface area contributed by atoms with Crippen LogP contribution in [0, 0.1) is 5.92 Å². The van der Waals surface area contributed by atoms with Gasteiger partial charge in [-0.05, 0) is 42.9 Å². The summed E-state index contributed by atoms with van der Waals surface area (Å²) in [5.74, 6) is -0.202. The van der Waals surface area contributed by atoms with Crippen molar-refractivity contribution in [3.8, 4) is 0 Å². The van der Waals surface area contributed by atoms with Gasteiger partial charge in [0.2, 0.25) is 5.91 Å². The molecule has 2 rings (SSSR count). The Morgan fingerprint density at radius 2 is 2.20 bits per heavy atom. The van der Waals surface area contributed by atoms with Crippen LogP contribution in [0.5, 0.6) is 0 Å². The summed E-state index contributed by atoms with van der Waals surface area (Å²) < 4.78 is 0. The van der Waals surface area contributed by atoms with Crippen LogP contribution in [-0.2, 0) is 11.2 Å². The summed E-state index contributed by atoms with van der Waals surface area (Å²) in [6.45, 7) is 3.65. The molecule has 0 bridgehead atoms. The molecule has 4 heteroatoms. The Morgan fingerprint density at radius 1 is 1.40 bits per heavy atom. The Balaban J connectivity index is 1.93. The molecular formula is C16H21NO3. The van der Waals surface area contributed by atoms with Gasteiger partial charge in [-0.1, -0.05) is 19.1 Å². The van der Waals surface area contributed by atoms with Gasteiger partial charge in [-0.15, -0.1) is 0 Å². The summed E-state index contributed by atoms with van der Waals surface area (Å²) in [5, 5.41) is 8.99. The van der Waals surface area contributed by atoms with E-state index in [1.807, 2.05) is 17.9 Å². The quantitative estimate of drug-likeness (QED) is 0.898. The van der Waals surface area contributed by atoms with Crippen LogP contribution in [0.1, 0.15) is 42.1 Å². The second-order valence-electron chi connectivity index (χ2n) is 5.45. The van der Waals surface area contributed by atoms with E-state index in [1.165, 1.54) is 0 Å². The van der Waals surface area contributed by atoms with Gasteiger partial charge in [-0.3, -0.25) is 4.79 Å². The molecule has 0 unspecified atom stereocenters. The number of carboxylic acids is 1. The van der Waals surface area contributed by atoms with Gasteiger partial charge < -0.3 is 10.0 Å². The number of carbonyl (C=O) groups is 2. The zero-order valence-electron chi connectivity index (χ0n) is 11.8. The lowest BCUT2D eigenvalue weighted by molar-refractivity contribution is -0.130. The van der Waals surface area contributed by atoms with Crippen LogP contribution in [0.15, 0.2) is 24.3 Å². The SMILES string of the molecule is CCCC(=O)N1CC[C@H](Cc2cccc(C(=O)O)c2)C1. The molecule has 1 aromatic carbocycles. The maximum absolute atomic E-state index is 11.8. The molecule has 1 heterocycles. The third kappa shape index (κ3) is 3.59. The number of aromatic carboxylic acids is 1. The van der Waals surface area contributed by atoms with Crippen LogP contribution in [-0.4, -0.2) is 35.0 Å². The van der Waals surface area contributed by atoms with Gasteiger partial charge >= 0.3 is 5.97 Å². The van der Waals surface area contributed by atoms with Gasteiger partial charge in [0.15, 0.2) is 0 Å². The van der Waals surface area contributed by atoms with Crippen molar-refractivity contribution < 1.29 is 14.7 Å². The number of likely N-dealkylation sites (tertiary alicyclic amines) is 1. The molecule has 0 spiro atoms. The van der Waals surface area contributed by atoms with E-state index in [4.69, 9.17) is 5.11 Å². The molecule has 0 aromatic heterocycles. The second kappa shape index (κ2) is 6.55. The molecule has 1 atom stereocenters. The summed E-state index contributed by atoms with van der Waals surface area (Å²) in [5.41, 5.74) is 1.37. The molecular weight excluding hydrogens is 254 g/mol. The zero-order chi connectivity index (χ0) is 14.5. The topological polar surface area (TPSA) is 57.6 Å². The average molecular weight is 275 g/mol. The third-order valence-electron chi connectivity index (χ3n) is 3.80. The summed E-state index contributed by atoms with van der Waals surface area (Å²) in [4.78, 5) is 24.7. The first-order valence-corrected chi connectivity index (χ1v) is 7.20. The highest BCUT2D eigenvalue weighted by molar-refractivity contribution is 5.87. The Morgan fingerprint density at radius 3 is 2.90 bits per heavy atom. The Labute approximate surface area is 119 Å². The van der Waals surface area contributed by atoms with Crippen LogP contribution in [0.2, 0.25) is 0 Å². The minimum absolute atomic E-state index is 0.245. The average Bonchev–Trinajstić information content (AvgIpc) is 2.88. The van der Waals surface area contributed by atoms with Gasteiger partial charge in [0.25, 0.3) is 0 Å². The maximum atomic E-state index is 11.8. The van der Waals surface area contributed by atoms with Crippen molar-refractivity contribution in [2.75, 3.05) is 13.1 Å². The predicted octanol–water partition coefficient (Wildman–Crippen LogP) is 2.58. The van der Waals surface area contributed by atoms with Crippen molar-refractivity contribution >= 4 is 11.9 Å². The largest absolute Gasteiger partial charge is 0.478 e. The van der Waals surface area contributed by atoms with Crippen LogP contribution in [0.4, 0.5) is 0 Å². The first-order valence-electron chi connectivity index (χ1n) is 7.20. The Hall–Kier alpha value is -1.84. The van der Waals surface area contributed by atoms with Gasteiger partial charge in [-0.2, -0.15) is 0 Å². The van der Waals surface area contributed by atoms with E-state index in [0.717, 1.165) is 37.9 Å². The van der Waals surface area contributed by atoms with E-state index >= 15 is 0 Å². The van der Waals surface area contributed by atoms with Crippen LogP contribution in [0.25, 0.3) is 0 Å². The van der Waals surface area contributed by atoms with E-state index in [2.05, 4.69) is 0 Å². The van der Waals surface area contributed by atoms with E-state index in [-0.39, 0.29) is 5.91 Å². The normalized spacial score (nSPS) is 18.2. The molecule has 4 nitrogen and oxygen atoms in total. The number of amides is 1. The Kier molecular flexibility index (Phi) is 4.77. The lowest BCUT2D eigenvalue weighted by atomic mass is 9.97. The first-order chi connectivity index (χ1) is 9.60. The smallest absolute Gasteiger partial charge is 0.335 e. The second-order valence-corrected chi connectivity index (χ2v) is 5.45. The number of benzene rings is 1. The summed E-state index contributed by atoms with van der Waals surface area (Å²) >= 11 is 0. The summed E-state index contributed by atoms with van der Waals surface area (Å²) in [6.07, 6.45) is 3.37. The molecule has 1 aliphatic rings.